The van der Waals surface area contributed by atoms with E-state index in [9.17, 15) is 9.59 Å². The summed E-state index contributed by atoms with van der Waals surface area (Å²) in [5.41, 5.74) is 8.96. The van der Waals surface area contributed by atoms with Crippen molar-refractivity contribution in [1.29, 1.82) is 0 Å². The summed E-state index contributed by atoms with van der Waals surface area (Å²) in [6.07, 6.45) is 0.907. The van der Waals surface area contributed by atoms with Crippen LogP contribution >= 0.6 is 0 Å². The fraction of sp³-hybridized carbons (Fsp3) is 0.263. The van der Waals surface area contributed by atoms with E-state index >= 15 is 0 Å². The first kappa shape index (κ1) is 18.6. The lowest BCUT2D eigenvalue weighted by Crippen LogP contribution is -2.39. The van der Waals surface area contributed by atoms with Crippen LogP contribution in [0.25, 0.3) is 0 Å². The normalized spacial score (nSPS) is 11.8. The number of carbonyl (C=O) groups excluding carboxylic acids is 2. The zero-order chi connectivity index (χ0) is 18.1. The van der Waals surface area contributed by atoms with Crippen LogP contribution < -0.4 is 16.5 Å². The van der Waals surface area contributed by atoms with E-state index in [1.54, 1.807) is 0 Å². The zero-order valence-corrected chi connectivity index (χ0v) is 13.9. The molecule has 0 bridgehead atoms. The number of nitrogens with two attached hydrogens (primary N) is 1. The minimum Gasteiger partial charge on any atom is -0.355 e. The molecule has 5 N–H and O–H groups in total. The summed E-state index contributed by atoms with van der Waals surface area (Å²) in [6, 6.07) is 18.4. The molecule has 2 rings (SSSR count). The largest absolute Gasteiger partial charge is 0.355 e. The van der Waals surface area contributed by atoms with Gasteiger partial charge in [0.2, 0.25) is 5.91 Å². The molecule has 2 aromatic carbocycles. The van der Waals surface area contributed by atoms with E-state index in [0.29, 0.717) is 19.4 Å². The highest BCUT2D eigenvalue weighted by atomic mass is 16.5. The number of benzene rings is 2. The summed E-state index contributed by atoms with van der Waals surface area (Å²) in [6.45, 7) is 0.404. The Morgan fingerprint density at radius 2 is 1.44 bits per heavy atom. The van der Waals surface area contributed by atoms with Gasteiger partial charge >= 0.3 is 0 Å². The molecule has 0 saturated carbocycles. The molecule has 0 radical (unpaired) electrons. The molecule has 0 saturated heterocycles. The van der Waals surface area contributed by atoms with Gasteiger partial charge in [0, 0.05) is 6.54 Å². The molecule has 0 aliphatic rings. The van der Waals surface area contributed by atoms with Gasteiger partial charge in [-0.1, -0.05) is 60.7 Å². The average Bonchev–Trinajstić information content (AvgIpc) is 2.66. The van der Waals surface area contributed by atoms with Gasteiger partial charge in [0.1, 0.15) is 0 Å². The average molecular weight is 341 g/mol. The maximum Gasteiger partial charge on any atom is 0.260 e. The van der Waals surface area contributed by atoms with Crippen molar-refractivity contribution in [1.82, 2.24) is 10.8 Å². The Balaban J connectivity index is 1.99. The van der Waals surface area contributed by atoms with Crippen LogP contribution in [0.3, 0.4) is 0 Å². The highest BCUT2D eigenvalue weighted by Crippen LogP contribution is 2.24. The van der Waals surface area contributed by atoms with Crippen LogP contribution in [-0.2, 0) is 9.59 Å². The van der Waals surface area contributed by atoms with Gasteiger partial charge in [0.25, 0.3) is 5.91 Å². The van der Waals surface area contributed by atoms with Crippen LogP contribution in [0.4, 0.5) is 0 Å². The number of amides is 2. The molecule has 0 fully saturated rings. The Hall–Kier alpha value is -2.70. The lowest BCUT2D eigenvalue weighted by Gasteiger charge is -2.18. The fourth-order valence-corrected chi connectivity index (χ4v) is 2.64. The number of carbonyl (C=O) groups is 2. The second-order valence-electron chi connectivity index (χ2n) is 5.77. The third-order valence-corrected chi connectivity index (χ3v) is 3.97. The van der Waals surface area contributed by atoms with E-state index in [1.165, 1.54) is 5.48 Å². The van der Waals surface area contributed by atoms with Crippen molar-refractivity contribution >= 4 is 11.8 Å². The number of rotatable bonds is 8. The molecule has 2 aromatic rings. The Morgan fingerprint density at radius 3 is 1.92 bits per heavy atom. The van der Waals surface area contributed by atoms with E-state index < -0.39 is 17.9 Å². The predicted octanol–water partition coefficient (Wildman–Crippen LogP) is 1.55. The van der Waals surface area contributed by atoms with Crippen molar-refractivity contribution < 1.29 is 14.8 Å². The number of hydrogen-bond acceptors (Lipinski definition) is 4. The molecule has 0 spiro atoms. The molecule has 6 nitrogen and oxygen atoms in total. The molecule has 0 aromatic heterocycles. The lowest BCUT2D eigenvalue weighted by molar-refractivity contribution is -0.130. The van der Waals surface area contributed by atoms with Crippen LogP contribution in [0.1, 0.15) is 29.9 Å². The molecule has 132 valence electrons. The molecular formula is C19H23N3O3. The molecule has 0 unspecified atom stereocenters. The fourth-order valence-electron chi connectivity index (χ4n) is 2.64. The van der Waals surface area contributed by atoms with Crippen molar-refractivity contribution in [2.24, 2.45) is 5.73 Å². The topological polar surface area (TPSA) is 104 Å². The highest BCUT2D eigenvalue weighted by molar-refractivity contribution is 5.87. The van der Waals surface area contributed by atoms with E-state index in [2.05, 4.69) is 5.32 Å². The van der Waals surface area contributed by atoms with E-state index in [-0.39, 0.29) is 5.91 Å². The summed E-state index contributed by atoms with van der Waals surface area (Å²) < 4.78 is 0. The second-order valence-corrected chi connectivity index (χ2v) is 5.77. The van der Waals surface area contributed by atoms with Crippen LogP contribution in [0.2, 0.25) is 0 Å². The Morgan fingerprint density at radius 1 is 0.920 bits per heavy atom. The maximum absolute atomic E-state index is 12.7. The van der Waals surface area contributed by atoms with Gasteiger partial charge in [0.15, 0.2) is 0 Å². The van der Waals surface area contributed by atoms with Gasteiger partial charge in [-0.3, -0.25) is 14.8 Å². The Labute approximate surface area is 147 Å². The number of hydroxylamine groups is 1. The van der Waals surface area contributed by atoms with E-state index in [1.807, 2.05) is 60.7 Å². The lowest BCUT2D eigenvalue weighted by atomic mass is 9.90. The van der Waals surface area contributed by atoms with Gasteiger partial charge in [-0.25, -0.2) is 5.48 Å². The van der Waals surface area contributed by atoms with Crippen LogP contribution in [-0.4, -0.2) is 29.6 Å². The van der Waals surface area contributed by atoms with Crippen LogP contribution in [0, 0.1) is 0 Å². The van der Waals surface area contributed by atoms with Gasteiger partial charge in [-0.05, 0) is 24.0 Å². The standard InChI is InChI=1S/C19H23N3O3/c20-16(18(23)22-25)12-7-13-21-19(24)17(14-8-3-1-4-9-14)15-10-5-2-6-11-15/h1-6,8-11,16-17,25H,7,12-13,20H2,(H,21,24)(H,22,23)/t16-/m0/s1. The third kappa shape index (κ3) is 5.41. The first-order chi connectivity index (χ1) is 12.1. The van der Waals surface area contributed by atoms with Crippen molar-refractivity contribution in [2.75, 3.05) is 6.54 Å². The molecule has 0 heterocycles. The monoisotopic (exact) mass is 341 g/mol. The molecule has 25 heavy (non-hydrogen) atoms. The predicted molar refractivity (Wildman–Crippen MR) is 94.9 cm³/mol. The molecule has 0 aliphatic carbocycles. The van der Waals surface area contributed by atoms with Gasteiger partial charge in [-0.2, -0.15) is 0 Å². The van der Waals surface area contributed by atoms with Crippen LogP contribution in [0.15, 0.2) is 60.7 Å². The zero-order valence-electron chi connectivity index (χ0n) is 13.9. The minimum atomic E-state index is -0.791. The SMILES string of the molecule is N[C@@H](CCCNC(=O)C(c1ccccc1)c1ccccc1)C(=O)NO. The first-order valence-corrected chi connectivity index (χ1v) is 8.20. The molecular weight excluding hydrogens is 318 g/mol. The first-order valence-electron chi connectivity index (χ1n) is 8.20. The molecule has 1 atom stereocenters. The van der Waals surface area contributed by atoms with E-state index in [4.69, 9.17) is 10.9 Å². The number of nitrogens with one attached hydrogen (secondary N) is 2. The summed E-state index contributed by atoms with van der Waals surface area (Å²) in [7, 11) is 0. The van der Waals surface area contributed by atoms with Gasteiger partial charge in [-0.15, -0.1) is 0 Å². The van der Waals surface area contributed by atoms with Crippen molar-refractivity contribution in [2.45, 2.75) is 24.8 Å². The minimum absolute atomic E-state index is 0.0995. The van der Waals surface area contributed by atoms with Crippen LogP contribution in [0.5, 0.6) is 0 Å². The van der Waals surface area contributed by atoms with Crippen molar-refractivity contribution in [3.8, 4) is 0 Å². The summed E-state index contributed by atoms with van der Waals surface area (Å²) in [4.78, 5) is 23.9. The summed E-state index contributed by atoms with van der Waals surface area (Å²) in [5.74, 6) is -1.12. The molecule has 0 aliphatic heterocycles. The van der Waals surface area contributed by atoms with Crippen molar-refractivity contribution in [3.05, 3.63) is 71.8 Å². The second kappa shape index (κ2) is 9.56. The Bertz CT molecular complexity index is 637. The van der Waals surface area contributed by atoms with Gasteiger partial charge in [0.05, 0.1) is 12.0 Å². The summed E-state index contributed by atoms with van der Waals surface area (Å²) >= 11 is 0. The molecule has 6 heteroatoms. The maximum atomic E-state index is 12.7. The smallest absolute Gasteiger partial charge is 0.260 e. The van der Waals surface area contributed by atoms with E-state index in [0.717, 1.165) is 11.1 Å². The van der Waals surface area contributed by atoms with Gasteiger partial charge < -0.3 is 11.1 Å². The Kier molecular flexibility index (Phi) is 7.13. The third-order valence-electron chi connectivity index (χ3n) is 3.97. The van der Waals surface area contributed by atoms with Crippen molar-refractivity contribution in [3.63, 3.8) is 0 Å². The number of hydrogen-bond donors (Lipinski definition) is 4. The quantitative estimate of drug-likeness (QED) is 0.332. The molecule has 2 amide bonds. The summed E-state index contributed by atoms with van der Waals surface area (Å²) in [5, 5.41) is 11.4. The highest BCUT2D eigenvalue weighted by Gasteiger charge is 2.22.